The van der Waals surface area contributed by atoms with Crippen LogP contribution in [0.4, 0.5) is 0 Å². The monoisotopic (exact) mass is 426 g/mol. The summed E-state index contributed by atoms with van der Waals surface area (Å²) in [6.07, 6.45) is 4.75. The SMILES string of the molecule is Cn1ccnc1CNC(=O)CC1CC2OC(CNC3Cc4ccccc4C3)C(O)C2O1. The van der Waals surface area contributed by atoms with E-state index in [-0.39, 0.29) is 36.7 Å². The lowest BCUT2D eigenvalue weighted by Crippen LogP contribution is -2.42. The highest BCUT2D eigenvalue weighted by molar-refractivity contribution is 5.76. The summed E-state index contributed by atoms with van der Waals surface area (Å²) >= 11 is 0. The number of carbonyl (C=O) groups excluding carboxylic acids is 1. The molecule has 2 fully saturated rings. The molecule has 3 aliphatic rings. The Bertz CT molecular complexity index is 907. The third-order valence-corrected chi connectivity index (χ3v) is 6.71. The van der Waals surface area contributed by atoms with Crippen LogP contribution in [0.25, 0.3) is 0 Å². The average molecular weight is 427 g/mol. The molecule has 2 aromatic rings. The number of hydrogen-bond donors (Lipinski definition) is 3. The number of nitrogens with one attached hydrogen (secondary N) is 2. The molecular formula is C23H30N4O4. The van der Waals surface area contributed by atoms with E-state index in [0.29, 0.717) is 25.6 Å². The molecule has 0 saturated carbocycles. The molecule has 8 nitrogen and oxygen atoms in total. The first-order chi connectivity index (χ1) is 15.1. The number of fused-ring (bicyclic) bond motifs is 2. The van der Waals surface area contributed by atoms with Gasteiger partial charge in [0, 0.05) is 38.4 Å². The third kappa shape index (κ3) is 4.39. The van der Waals surface area contributed by atoms with E-state index in [9.17, 15) is 9.90 Å². The number of aliphatic hydroxyl groups excluding tert-OH is 1. The molecule has 1 amide bonds. The fourth-order valence-corrected chi connectivity index (χ4v) is 5.02. The Morgan fingerprint density at radius 3 is 2.71 bits per heavy atom. The molecule has 166 valence electrons. The van der Waals surface area contributed by atoms with Crippen LogP contribution in [0.15, 0.2) is 36.7 Å². The second kappa shape index (κ2) is 8.70. The Morgan fingerprint density at radius 1 is 1.26 bits per heavy atom. The van der Waals surface area contributed by atoms with Gasteiger partial charge in [0.25, 0.3) is 0 Å². The fraction of sp³-hybridized carbons (Fsp3) is 0.565. The molecule has 1 aromatic carbocycles. The number of nitrogens with zero attached hydrogens (tertiary/aromatic N) is 2. The molecule has 8 heteroatoms. The van der Waals surface area contributed by atoms with Gasteiger partial charge in [-0.25, -0.2) is 4.98 Å². The standard InChI is InChI=1S/C23H30N4O4/c1-27-7-6-24-20(27)13-26-21(28)11-17-10-18-23(30-17)22(29)19(31-18)12-25-16-8-14-4-2-3-5-15(14)9-16/h2-7,16-19,22-23,25,29H,8-13H2,1H3,(H,26,28). The maximum absolute atomic E-state index is 12.3. The summed E-state index contributed by atoms with van der Waals surface area (Å²) in [6.45, 7) is 0.991. The van der Waals surface area contributed by atoms with Crippen LogP contribution in [0, 0.1) is 0 Å². The first-order valence-electron chi connectivity index (χ1n) is 11.1. The van der Waals surface area contributed by atoms with Crippen molar-refractivity contribution >= 4 is 5.91 Å². The molecule has 5 rings (SSSR count). The van der Waals surface area contributed by atoms with Crippen molar-refractivity contribution in [1.82, 2.24) is 20.2 Å². The van der Waals surface area contributed by atoms with Crippen molar-refractivity contribution in [3.63, 3.8) is 0 Å². The molecule has 3 heterocycles. The topological polar surface area (TPSA) is 97.6 Å². The van der Waals surface area contributed by atoms with Crippen molar-refractivity contribution in [3.8, 4) is 0 Å². The van der Waals surface area contributed by atoms with Crippen LogP contribution in [0.5, 0.6) is 0 Å². The van der Waals surface area contributed by atoms with E-state index in [1.807, 2.05) is 17.8 Å². The summed E-state index contributed by atoms with van der Waals surface area (Å²) in [5.74, 6) is 0.721. The zero-order valence-electron chi connectivity index (χ0n) is 17.7. The maximum Gasteiger partial charge on any atom is 0.222 e. The molecule has 1 aromatic heterocycles. The van der Waals surface area contributed by atoms with Crippen LogP contribution in [0.1, 0.15) is 29.8 Å². The highest BCUT2D eigenvalue weighted by Crippen LogP contribution is 2.35. The molecule has 2 saturated heterocycles. The second-order valence-corrected chi connectivity index (χ2v) is 8.88. The predicted octanol–water partition coefficient (Wildman–Crippen LogP) is 0.469. The number of benzene rings is 1. The van der Waals surface area contributed by atoms with E-state index >= 15 is 0 Å². The second-order valence-electron chi connectivity index (χ2n) is 8.88. The first-order valence-corrected chi connectivity index (χ1v) is 11.1. The molecule has 31 heavy (non-hydrogen) atoms. The number of rotatable bonds is 7. The van der Waals surface area contributed by atoms with Crippen molar-refractivity contribution in [3.05, 3.63) is 53.6 Å². The van der Waals surface area contributed by atoms with Gasteiger partial charge in [-0.1, -0.05) is 24.3 Å². The van der Waals surface area contributed by atoms with Gasteiger partial charge < -0.3 is 29.8 Å². The number of aryl methyl sites for hydroxylation is 1. The summed E-state index contributed by atoms with van der Waals surface area (Å²) < 4.78 is 14.0. The van der Waals surface area contributed by atoms with Crippen molar-refractivity contribution in [1.29, 1.82) is 0 Å². The van der Waals surface area contributed by atoms with Crippen LogP contribution in [-0.4, -0.2) is 63.7 Å². The van der Waals surface area contributed by atoms with E-state index < -0.39 is 6.10 Å². The molecule has 0 bridgehead atoms. The lowest BCUT2D eigenvalue weighted by Gasteiger charge is -2.22. The van der Waals surface area contributed by atoms with E-state index in [2.05, 4.69) is 39.9 Å². The number of carbonyl (C=O) groups is 1. The number of ether oxygens (including phenoxy) is 2. The molecular weight excluding hydrogens is 396 g/mol. The van der Waals surface area contributed by atoms with Crippen molar-refractivity contribution < 1.29 is 19.4 Å². The van der Waals surface area contributed by atoms with Gasteiger partial charge in [0.1, 0.15) is 18.0 Å². The van der Waals surface area contributed by atoms with Crippen LogP contribution in [0.2, 0.25) is 0 Å². The first kappa shape index (κ1) is 20.6. The minimum Gasteiger partial charge on any atom is -0.388 e. The summed E-state index contributed by atoms with van der Waals surface area (Å²) in [5.41, 5.74) is 2.80. The zero-order chi connectivity index (χ0) is 21.4. The van der Waals surface area contributed by atoms with E-state index in [1.165, 1.54) is 11.1 Å². The Labute approximate surface area is 182 Å². The number of imidazole rings is 1. The summed E-state index contributed by atoms with van der Waals surface area (Å²) in [5, 5.41) is 17.2. The summed E-state index contributed by atoms with van der Waals surface area (Å²) in [7, 11) is 1.89. The zero-order valence-corrected chi connectivity index (χ0v) is 17.7. The van der Waals surface area contributed by atoms with Gasteiger partial charge in [0.05, 0.1) is 31.3 Å². The van der Waals surface area contributed by atoms with E-state index in [0.717, 1.165) is 18.7 Å². The van der Waals surface area contributed by atoms with Gasteiger partial charge in [-0.3, -0.25) is 4.79 Å². The molecule has 3 N–H and O–H groups in total. The van der Waals surface area contributed by atoms with E-state index in [1.54, 1.807) is 6.20 Å². The van der Waals surface area contributed by atoms with Crippen molar-refractivity contribution in [2.24, 2.45) is 7.05 Å². The molecule has 5 atom stereocenters. The summed E-state index contributed by atoms with van der Waals surface area (Å²) in [6, 6.07) is 8.91. The Morgan fingerprint density at radius 2 is 2.03 bits per heavy atom. The highest BCUT2D eigenvalue weighted by Gasteiger charge is 2.50. The molecule has 5 unspecified atom stereocenters. The van der Waals surface area contributed by atoms with Crippen LogP contribution in [0.3, 0.4) is 0 Å². The average Bonchev–Trinajstić information content (AvgIpc) is 3.50. The van der Waals surface area contributed by atoms with Gasteiger partial charge in [0.15, 0.2) is 0 Å². The fourth-order valence-electron chi connectivity index (χ4n) is 5.02. The summed E-state index contributed by atoms with van der Waals surface area (Å²) in [4.78, 5) is 16.5. The predicted molar refractivity (Wildman–Crippen MR) is 113 cm³/mol. The van der Waals surface area contributed by atoms with Gasteiger partial charge in [-0.15, -0.1) is 0 Å². The minimum atomic E-state index is -0.679. The lowest BCUT2D eigenvalue weighted by atomic mass is 10.1. The quantitative estimate of drug-likeness (QED) is 0.596. The van der Waals surface area contributed by atoms with Gasteiger partial charge in [-0.05, 0) is 24.0 Å². The van der Waals surface area contributed by atoms with E-state index in [4.69, 9.17) is 9.47 Å². The number of aliphatic hydroxyl groups is 1. The Hall–Kier alpha value is -2.26. The Kier molecular flexibility index (Phi) is 5.79. The molecule has 0 radical (unpaired) electrons. The van der Waals surface area contributed by atoms with Gasteiger partial charge in [0.2, 0.25) is 5.91 Å². The normalized spacial score (nSPS) is 29.8. The van der Waals surface area contributed by atoms with Gasteiger partial charge >= 0.3 is 0 Å². The largest absolute Gasteiger partial charge is 0.388 e. The van der Waals surface area contributed by atoms with Crippen LogP contribution in [-0.2, 0) is 40.7 Å². The maximum atomic E-state index is 12.3. The lowest BCUT2D eigenvalue weighted by molar-refractivity contribution is -0.125. The number of hydrogen-bond acceptors (Lipinski definition) is 6. The number of aromatic nitrogens is 2. The smallest absolute Gasteiger partial charge is 0.222 e. The van der Waals surface area contributed by atoms with Gasteiger partial charge in [-0.2, -0.15) is 0 Å². The van der Waals surface area contributed by atoms with Crippen LogP contribution >= 0.6 is 0 Å². The molecule has 1 aliphatic carbocycles. The molecule has 2 aliphatic heterocycles. The Balaban J connectivity index is 1.05. The van der Waals surface area contributed by atoms with Crippen LogP contribution < -0.4 is 10.6 Å². The third-order valence-electron chi connectivity index (χ3n) is 6.71. The van der Waals surface area contributed by atoms with Crippen molar-refractivity contribution in [2.45, 2.75) is 68.8 Å². The minimum absolute atomic E-state index is 0.0820. The number of amides is 1. The molecule has 0 spiro atoms. The highest BCUT2D eigenvalue weighted by atomic mass is 16.6. The van der Waals surface area contributed by atoms with Crippen molar-refractivity contribution in [2.75, 3.05) is 6.54 Å².